The molecule has 2 unspecified atom stereocenters. The van der Waals surface area contributed by atoms with Gasteiger partial charge < -0.3 is 19.6 Å². The summed E-state index contributed by atoms with van der Waals surface area (Å²) in [5.41, 5.74) is -0.659. The molecule has 25 heavy (non-hydrogen) atoms. The maximum Gasteiger partial charge on any atom is 0.330 e. The summed E-state index contributed by atoms with van der Waals surface area (Å²) < 4.78 is 7.44. The van der Waals surface area contributed by atoms with Gasteiger partial charge in [-0.25, -0.2) is 9.78 Å². The molecule has 0 aromatic carbocycles. The number of pyridine rings is 1. The summed E-state index contributed by atoms with van der Waals surface area (Å²) in [4.78, 5) is 28.8. The largest absolute Gasteiger partial charge is 0.479 e. The van der Waals surface area contributed by atoms with Crippen molar-refractivity contribution in [2.24, 2.45) is 5.41 Å². The van der Waals surface area contributed by atoms with Crippen molar-refractivity contribution in [3.63, 3.8) is 0 Å². The van der Waals surface area contributed by atoms with Gasteiger partial charge in [0.2, 0.25) is 5.91 Å². The Bertz CT molecular complexity index is 781. The van der Waals surface area contributed by atoms with E-state index in [0.29, 0.717) is 12.3 Å². The zero-order chi connectivity index (χ0) is 18.2. The highest BCUT2D eigenvalue weighted by molar-refractivity contribution is 5.90. The molecule has 7 nitrogen and oxygen atoms in total. The van der Waals surface area contributed by atoms with Crippen molar-refractivity contribution in [3.8, 4) is 0 Å². The average Bonchev–Trinajstić information content (AvgIpc) is 2.95. The number of carbonyl (C=O) groups is 2. The van der Waals surface area contributed by atoms with Crippen molar-refractivity contribution in [3.05, 3.63) is 36.3 Å². The van der Waals surface area contributed by atoms with Gasteiger partial charge in [0.25, 0.3) is 0 Å². The second-order valence-electron chi connectivity index (χ2n) is 7.00. The van der Waals surface area contributed by atoms with E-state index in [1.165, 1.54) is 0 Å². The molecule has 0 spiro atoms. The molecule has 7 heteroatoms. The molecule has 0 bridgehead atoms. The standard InChI is InChI=1S/C18H23N3O4/c1-4-25-13-10-18(16(23)24,17(13,2)3)20-15(22)9-12-11-21-8-6-5-7-14(21)19-12/h5-8,11,13H,4,9-10H2,1-3H3,(H,20,22)(H,23,24). The molecule has 2 heterocycles. The van der Waals surface area contributed by atoms with Gasteiger partial charge in [-0.2, -0.15) is 0 Å². The zero-order valence-corrected chi connectivity index (χ0v) is 14.7. The summed E-state index contributed by atoms with van der Waals surface area (Å²) in [5.74, 6) is -1.38. The van der Waals surface area contributed by atoms with Gasteiger partial charge in [-0.3, -0.25) is 4.79 Å². The summed E-state index contributed by atoms with van der Waals surface area (Å²) in [6.45, 7) is 6.02. The fourth-order valence-corrected chi connectivity index (χ4v) is 3.56. The van der Waals surface area contributed by atoms with E-state index in [9.17, 15) is 14.7 Å². The lowest BCUT2D eigenvalue weighted by Gasteiger charge is -2.58. The molecule has 3 rings (SSSR count). The van der Waals surface area contributed by atoms with E-state index in [2.05, 4.69) is 10.3 Å². The van der Waals surface area contributed by atoms with Crippen LogP contribution in [-0.4, -0.2) is 44.6 Å². The Hall–Kier alpha value is -2.41. The predicted octanol–water partition coefficient (Wildman–Crippen LogP) is 1.65. The van der Waals surface area contributed by atoms with Gasteiger partial charge in [0.1, 0.15) is 11.2 Å². The van der Waals surface area contributed by atoms with E-state index in [1.54, 1.807) is 6.20 Å². The number of fused-ring (bicyclic) bond motifs is 1. The SMILES string of the molecule is CCOC1CC(NC(=O)Cc2cn3ccccc3n2)(C(=O)O)C1(C)C. The van der Waals surface area contributed by atoms with Crippen molar-refractivity contribution in [1.82, 2.24) is 14.7 Å². The molecule has 2 N–H and O–H groups in total. The van der Waals surface area contributed by atoms with Crippen LogP contribution in [-0.2, 0) is 20.7 Å². The molecule has 1 saturated carbocycles. The molecule has 2 atom stereocenters. The van der Waals surface area contributed by atoms with Crippen LogP contribution in [0.3, 0.4) is 0 Å². The summed E-state index contributed by atoms with van der Waals surface area (Å²) in [6.07, 6.45) is 3.73. The van der Waals surface area contributed by atoms with E-state index < -0.39 is 16.9 Å². The number of imidazole rings is 1. The third-order valence-corrected chi connectivity index (χ3v) is 5.24. The van der Waals surface area contributed by atoms with Crippen LogP contribution < -0.4 is 5.32 Å². The van der Waals surface area contributed by atoms with Crippen LogP contribution in [0.1, 0.15) is 32.9 Å². The second kappa shape index (κ2) is 6.15. The topological polar surface area (TPSA) is 92.9 Å². The fourth-order valence-electron chi connectivity index (χ4n) is 3.56. The Morgan fingerprint density at radius 2 is 2.20 bits per heavy atom. The Balaban J connectivity index is 1.75. The molecular formula is C18H23N3O4. The van der Waals surface area contributed by atoms with Crippen LogP contribution in [0.15, 0.2) is 30.6 Å². The van der Waals surface area contributed by atoms with E-state index in [4.69, 9.17) is 4.74 Å². The molecule has 2 aromatic rings. The number of amides is 1. The average molecular weight is 345 g/mol. The number of carboxylic acid groups (broad SMARTS) is 1. The molecule has 1 fully saturated rings. The van der Waals surface area contributed by atoms with Crippen LogP contribution >= 0.6 is 0 Å². The van der Waals surface area contributed by atoms with Crippen molar-refractivity contribution in [2.75, 3.05) is 6.61 Å². The molecular weight excluding hydrogens is 322 g/mol. The lowest BCUT2D eigenvalue weighted by Crippen LogP contribution is -2.76. The zero-order valence-electron chi connectivity index (χ0n) is 14.7. The summed E-state index contributed by atoms with van der Waals surface area (Å²) in [6, 6.07) is 5.60. The number of nitrogens with zero attached hydrogens (tertiary/aromatic N) is 2. The van der Waals surface area contributed by atoms with Crippen LogP contribution in [0.5, 0.6) is 0 Å². The van der Waals surface area contributed by atoms with Crippen molar-refractivity contribution >= 4 is 17.5 Å². The Labute approximate surface area is 146 Å². The normalized spacial score (nSPS) is 24.7. The van der Waals surface area contributed by atoms with E-state index >= 15 is 0 Å². The quantitative estimate of drug-likeness (QED) is 0.830. The van der Waals surface area contributed by atoms with Crippen LogP contribution in [0.2, 0.25) is 0 Å². The molecule has 0 aliphatic heterocycles. The van der Waals surface area contributed by atoms with Gasteiger partial charge in [-0.05, 0) is 19.1 Å². The van der Waals surface area contributed by atoms with Gasteiger partial charge >= 0.3 is 5.97 Å². The third kappa shape index (κ3) is 2.78. The number of rotatable bonds is 6. The first kappa shape index (κ1) is 17.4. The number of carboxylic acids is 1. The third-order valence-electron chi connectivity index (χ3n) is 5.24. The summed E-state index contributed by atoms with van der Waals surface area (Å²) >= 11 is 0. The Kier molecular flexibility index (Phi) is 4.28. The molecule has 1 aliphatic carbocycles. The first-order valence-corrected chi connectivity index (χ1v) is 8.39. The van der Waals surface area contributed by atoms with E-state index in [0.717, 1.165) is 5.65 Å². The monoisotopic (exact) mass is 345 g/mol. The van der Waals surface area contributed by atoms with Gasteiger partial charge in [0, 0.05) is 30.8 Å². The van der Waals surface area contributed by atoms with E-state index in [1.807, 2.05) is 49.6 Å². The number of carbonyl (C=O) groups excluding carboxylic acids is 1. The smallest absolute Gasteiger partial charge is 0.330 e. The lowest BCUT2D eigenvalue weighted by atomic mass is 9.54. The first-order valence-electron chi connectivity index (χ1n) is 8.39. The highest BCUT2D eigenvalue weighted by atomic mass is 16.5. The molecule has 0 radical (unpaired) electrons. The number of aromatic nitrogens is 2. The highest BCUT2D eigenvalue weighted by Gasteiger charge is 2.66. The minimum Gasteiger partial charge on any atom is -0.479 e. The predicted molar refractivity (Wildman–Crippen MR) is 91.2 cm³/mol. The van der Waals surface area contributed by atoms with Gasteiger partial charge in [0.15, 0.2) is 0 Å². The minimum absolute atomic E-state index is 0.0338. The molecule has 134 valence electrons. The van der Waals surface area contributed by atoms with Crippen molar-refractivity contribution in [2.45, 2.75) is 45.3 Å². The highest BCUT2D eigenvalue weighted by Crippen LogP contribution is 2.51. The van der Waals surface area contributed by atoms with Crippen LogP contribution in [0.4, 0.5) is 0 Å². The fraction of sp³-hybridized carbons (Fsp3) is 0.500. The number of hydrogen-bond acceptors (Lipinski definition) is 4. The van der Waals surface area contributed by atoms with Gasteiger partial charge in [-0.15, -0.1) is 0 Å². The molecule has 2 aromatic heterocycles. The van der Waals surface area contributed by atoms with Gasteiger partial charge in [0.05, 0.1) is 18.2 Å². The maximum atomic E-state index is 12.5. The van der Waals surface area contributed by atoms with Gasteiger partial charge in [-0.1, -0.05) is 19.9 Å². The first-order chi connectivity index (χ1) is 11.8. The summed E-state index contributed by atoms with van der Waals surface area (Å²) in [5, 5.41) is 12.5. The maximum absolute atomic E-state index is 12.5. The number of aliphatic carboxylic acids is 1. The second-order valence-corrected chi connectivity index (χ2v) is 7.00. The minimum atomic E-state index is -1.32. The summed E-state index contributed by atoms with van der Waals surface area (Å²) in [7, 11) is 0. The van der Waals surface area contributed by atoms with E-state index in [-0.39, 0.29) is 24.9 Å². The van der Waals surface area contributed by atoms with Crippen molar-refractivity contribution in [1.29, 1.82) is 0 Å². The van der Waals surface area contributed by atoms with Crippen LogP contribution in [0, 0.1) is 5.41 Å². The number of ether oxygens (including phenoxy) is 1. The molecule has 1 amide bonds. The lowest BCUT2D eigenvalue weighted by molar-refractivity contribution is -0.194. The number of hydrogen-bond donors (Lipinski definition) is 2. The Morgan fingerprint density at radius 3 is 2.80 bits per heavy atom. The van der Waals surface area contributed by atoms with Crippen LogP contribution in [0.25, 0.3) is 5.65 Å². The van der Waals surface area contributed by atoms with Crippen molar-refractivity contribution < 1.29 is 19.4 Å². The molecule has 1 aliphatic rings. The molecule has 0 saturated heterocycles. The number of nitrogens with one attached hydrogen (secondary N) is 1. The Morgan fingerprint density at radius 1 is 1.44 bits per heavy atom.